The fourth-order valence-corrected chi connectivity index (χ4v) is 3.06. The molecule has 0 heterocycles. The van der Waals surface area contributed by atoms with Crippen molar-refractivity contribution in [2.24, 2.45) is 5.10 Å². The Hall–Kier alpha value is -3.42. The number of carbonyl (C=O) groups is 3. The van der Waals surface area contributed by atoms with Crippen LogP contribution in [0, 0.1) is 0 Å². The van der Waals surface area contributed by atoms with Crippen molar-refractivity contribution < 1.29 is 19.1 Å². The summed E-state index contributed by atoms with van der Waals surface area (Å²) in [6.07, 6.45) is 1.17. The first kappa shape index (κ1) is 25.8. The summed E-state index contributed by atoms with van der Waals surface area (Å²) in [6, 6.07) is 12.4. The summed E-state index contributed by atoms with van der Waals surface area (Å²) < 4.78 is 5.20. The number of hydrazone groups is 1. The van der Waals surface area contributed by atoms with E-state index in [1.807, 2.05) is 30.3 Å². The molecule has 8 heteroatoms. The first-order valence-corrected chi connectivity index (χ1v) is 11.1. The number of unbranched alkanes of at least 4 members (excludes halogenated alkanes) is 1. The number of hydrogen-bond acceptors (Lipinski definition) is 5. The lowest BCUT2D eigenvalue weighted by molar-refractivity contribution is -0.123. The molecule has 1 atom stereocenters. The summed E-state index contributed by atoms with van der Waals surface area (Å²) in [7, 11) is 0. The molecule has 3 N–H and O–H groups in total. The summed E-state index contributed by atoms with van der Waals surface area (Å²) in [6.45, 7) is 9.35. The fourth-order valence-electron chi connectivity index (χ4n) is 3.06. The van der Waals surface area contributed by atoms with E-state index in [1.165, 1.54) is 0 Å². The van der Waals surface area contributed by atoms with E-state index in [9.17, 15) is 14.4 Å². The number of alkyl carbamates (subject to hydrolysis) is 1. The number of carbonyl (C=O) groups excluding carboxylic acids is 3. The van der Waals surface area contributed by atoms with Crippen molar-refractivity contribution in [3.63, 3.8) is 0 Å². The van der Waals surface area contributed by atoms with Crippen molar-refractivity contribution in [3.8, 4) is 0 Å². The summed E-state index contributed by atoms with van der Waals surface area (Å²) in [5, 5.41) is 11.5. The average Bonchev–Trinajstić information content (AvgIpc) is 2.74. The van der Waals surface area contributed by atoms with Crippen LogP contribution in [0.15, 0.2) is 47.6 Å². The first-order valence-electron chi connectivity index (χ1n) is 11.1. The molecule has 0 saturated heterocycles. The maximum atomic E-state index is 12.9. The van der Waals surface area contributed by atoms with Crippen LogP contribution in [0.25, 0.3) is 10.8 Å². The molecule has 0 unspecified atom stereocenters. The van der Waals surface area contributed by atoms with E-state index in [-0.39, 0.29) is 11.8 Å². The highest BCUT2D eigenvalue weighted by Crippen LogP contribution is 2.16. The average molecular weight is 455 g/mol. The van der Waals surface area contributed by atoms with Crippen molar-refractivity contribution >= 4 is 34.4 Å². The molecular formula is C25H34N4O4. The Morgan fingerprint density at radius 3 is 2.36 bits per heavy atom. The highest BCUT2D eigenvalue weighted by molar-refractivity contribution is 6.00. The topological polar surface area (TPSA) is 109 Å². The highest BCUT2D eigenvalue weighted by Gasteiger charge is 2.21. The van der Waals surface area contributed by atoms with Crippen molar-refractivity contribution in [1.29, 1.82) is 0 Å². The first-order chi connectivity index (χ1) is 15.5. The number of nitrogens with one attached hydrogen (secondary N) is 3. The van der Waals surface area contributed by atoms with E-state index in [1.54, 1.807) is 46.8 Å². The molecule has 0 bridgehead atoms. The number of fused-ring (bicyclic) bond motifs is 1. The summed E-state index contributed by atoms with van der Waals surface area (Å²) in [5.41, 5.74) is 3.12. The second-order valence-corrected chi connectivity index (χ2v) is 9.05. The van der Waals surface area contributed by atoms with Crippen LogP contribution in [-0.4, -0.2) is 41.8 Å². The van der Waals surface area contributed by atoms with Crippen molar-refractivity contribution in [2.45, 2.75) is 65.5 Å². The molecule has 33 heavy (non-hydrogen) atoms. The maximum Gasteiger partial charge on any atom is 0.407 e. The van der Waals surface area contributed by atoms with Gasteiger partial charge in [-0.25, -0.2) is 10.2 Å². The van der Waals surface area contributed by atoms with Crippen LogP contribution >= 0.6 is 0 Å². The molecule has 8 nitrogen and oxygen atoms in total. The van der Waals surface area contributed by atoms with Crippen molar-refractivity contribution in [1.82, 2.24) is 16.1 Å². The van der Waals surface area contributed by atoms with Crippen molar-refractivity contribution in [3.05, 3.63) is 48.0 Å². The predicted molar refractivity (Wildman–Crippen MR) is 130 cm³/mol. The minimum Gasteiger partial charge on any atom is -0.444 e. The molecule has 0 aliphatic heterocycles. The van der Waals surface area contributed by atoms with Crippen LogP contribution in [0.3, 0.4) is 0 Å². The quantitative estimate of drug-likeness (QED) is 0.300. The molecule has 2 aromatic rings. The van der Waals surface area contributed by atoms with E-state index in [0.717, 1.165) is 10.8 Å². The van der Waals surface area contributed by atoms with Crippen LogP contribution in [-0.2, 0) is 9.53 Å². The van der Waals surface area contributed by atoms with Gasteiger partial charge >= 0.3 is 6.09 Å². The zero-order chi connectivity index (χ0) is 24.4. The van der Waals surface area contributed by atoms with Crippen molar-refractivity contribution in [2.75, 3.05) is 6.54 Å². The third-order valence-corrected chi connectivity index (χ3v) is 4.61. The largest absolute Gasteiger partial charge is 0.444 e. The van der Waals surface area contributed by atoms with E-state index in [0.29, 0.717) is 37.1 Å². The minimum atomic E-state index is -0.756. The molecule has 2 rings (SSSR count). The van der Waals surface area contributed by atoms with Gasteiger partial charge in [0.25, 0.3) is 11.8 Å². The van der Waals surface area contributed by atoms with Crippen LogP contribution < -0.4 is 16.1 Å². The molecule has 3 amide bonds. The van der Waals surface area contributed by atoms with Gasteiger partial charge in [-0.1, -0.05) is 30.3 Å². The molecule has 0 radical (unpaired) electrons. The van der Waals surface area contributed by atoms with Gasteiger partial charge in [-0.3, -0.25) is 9.59 Å². The zero-order valence-corrected chi connectivity index (χ0v) is 20.0. The Morgan fingerprint density at radius 2 is 1.70 bits per heavy atom. The molecular weight excluding hydrogens is 420 g/mol. The summed E-state index contributed by atoms with van der Waals surface area (Å²) >= 11 is 0. The number of benzene rings is 2. The van der Waals surface area contributed by atoms with Gasteiger partial charge in [0, 0.05) is 17.8 Å². The number of rotatable bonds is 9. The molecule has 2 aromatic carbocycles. The van der Waals surface area contributed by atoms with E-state index in [4.69, 9.17) is 4.74 Å². The molecule has 0 saturated carbocycles. The van der Waals surface area contributed by atoms with Gasteiger partial charge in [-0.05, 0) is 76.8 Å². The second-order valence-electron chi connectivity index (χ2n) is 9.05. The lowest BCUT2D eigenvalue weighted by Gasteiger charge is -2.20. The zero-order valence-electron chi connectivity index (χ0n) is 20.0. The number of hydrogen-bond donors (Lipinski definition) is 3. The second kappa shape index (κ2) is 12.0. The van der Waals surface area contributed by atoms with Gasteiger partial charge in [0.05, 0.1) is 0 Å². The van der Waals surface area contributed by atoms with Crippen LogP contribution in [0.4, 0.5) is 4.79 Å². The third kappa shape index (κ3) is 9.31. The lowest BCUT2D eigenvalue weighted by atomic mass is 10.1. The van der Waals surface area contributed by atoms with Gasteiger partial charge in [0.1, 0.15) is 11.6 Å². The Balaban J connectivity index is 1.96. The number of nitrogens with zero attached hydrogens (tertiary/aromatic N) is 1. The predicted octanol–water partition coefficient (Wildman–Crippen LogP) is 4.15. The van der Waals surface area contributed by atoms with Gasteiger partial charge in [0.15, 0.2) is 0 Å². The Labute approximate surface area is 195 Å². The van der Waals surface area contributed by atoms with Crippen LogP contribution in [0.2, 0.25) is 0 Å². The highest BCUT2D eigenvalue weighted by atomic mass is 16.6. The Bertz CT molecular complexity index is 1010. The SMILES string of the molecule is CC(C)=NNC(=O)[C@H](CCCCNC(=O)OC(C)(C)C)NC(=O)c1ccc2ccccc2c1. The normalized spacial score (nSPS) is 11.9. The molecule has 0 aliphatic carbocycles. The number of amides is 3. The van der Waals surface area contributed by atoms with Gasteiger partial charge in [-0.2, -0.15) is 5.10 Å². The third-order valence-electron chi connectivity index (χ3n) is 4.61. The van der Waals surface area contributed by atoms with Gasteiger partial charge < -0.3 is 15.4 Å². The van der Waals surface area contributed by atoms with Crippen LogP contribution in [0.5, 0.6) is 0 Å². The molecule has 0 aromatic heterocycles. The van der Waals surface area contributed by atoms with Gasteiger partial charge in [-0.15, -0.1) is 0 Å². The lowest BCUT2D eigenvalue weighted by Crippen LogP contribution is -2.45. The van der Waals surface area contributed by atoms with Gasteiger partial charge in [0.2, 0.25) is 0 Å². The Morgan fingerprint density at radius 1 is 1.00 bits per heavy atom. The standard InChI is InChI=1S/C25H34N4O4/c1-17(2)28-29-23(31)21(12-8-9-15-26-24(32)33-25(3,4)5)27-22(30)20-14-13-18-10-6-7-11-19(18)16-20/h6-7,10-11,13-14,16,21H,8-9,12,15H2,1-5H3,(H,26,32)(H,27,30)(H,29,31)/t21-/m0/s1. The smallest absolute Gasteiger partial charge is 0.407 e. The summed E-state index contributed by atoms with van der Waals surface area (Å²) in [4.78, 5) is 37.2. The van der Waals surface area contributed by atoms with E-state index in [2.05, 4.69) is 21.2 Å². The van der Waals surface area contributed by atoms with E-state index < -0.39 is 17.7 Å². The minimum absolute atomic E-state index is 0.329. The van der Waals surface area contributed by atoms with E-state index >= 15 is 0 Å². The molecule has 0 spiro atoms. The monoisotopic (exact) mass is 454 g/mol. The summed E-state index contributed by atoms with van der Waals surface area (Å²) in [5.74, 6) is -0.713. The molecule has 178 valence electrons. The number of ether oxygens (including phenoxy) is 1. The molecule has 0 fully saturated rings. The molecule has 0 aliphatic rings. The maximum absolute atomic E-state index is 12.9. The Kier molecular flexibility index (Phi) is 9.39. The van der Waals surface area contributed by atoms with Crippen LogP contribution in [0.1, 0.15) is 64.2 Å². The fraction of sp³-hybridized carbons (Fsp3) is 0.440.